The lowest BCUT2D eigenvalue weighted by Crippen LogP contribution is -2.42. The number of carbonyl (C=O) groups is 2. The lowest BCUT2D eigenvalue weighted by Gasteiger charge is -2.38. The van der Waals surface area contributed by atoms with Gasteiger partial charge in [0.25, 0.3) is 5.91 Å². The molecule has 0 atom stereocenters. The van der Waals surface area contributed by atoms with Crippen LogP contribution in [0.2, 0.25) is 0 Å². The van der Waals surface area contributed by atoms with Crippen LogP contribution >= 0.6 is 0 Å². The zero-order chi connectivity index (χ0) is 19.4. The Morgan fingerprint density at radius 2 is 1.89 bits per heavy atom. The Labute approximate surface area is 157 Å². The summed E-state index contributed by atoms with van der Waals surface area (Å²) in [6, 6.07) is 7.92. The number of hydrogen-bond acceptors (Lipinski definition) is 3. The van der Waals surface area contributed by atoms with Crippen molar-refractivity contribution >= 4 is 17.5 Å². The zero-order valence-corrected chi connectivity index (χ0v) is 15.6. The molecule has 0 aliphatic carbocycles. The van der Waals surface area contributed by atoms with Gasteiger partial charge in [-0.1, -0.05) is 0 Å². The van der Waals surface area contributed by atoms with Gasteiger partial charge in [-0.05, 0) is 43.2 Å². The van der Waals surface area contributed by atoms with Crippen LogP contribution in [0.1, 0.15) is 29.6 Å². The predicted octanol–water partition coefficient (Wildman–Crippen LogP) is 2.86. The van der Waals surface area contributed by atoms with Crippen LogP contribution in [0.4, 0.5) is 10.1 Å². The van der Waals surface area contributed by atoms with E-state index in [9.17, 15) is 14.0 Å². The van der Waals surface area contributed by atoms with Crippen molar-refractivity contribution in [2.75, 3.05) is 32.6 Å². The minimum absolute atomic E-state index is 0.0658. The second-order valence-corrected chi connectivity index (χ2v) is 7.05. The summed E-state index contributed by atoms with van der Waals surface area (Å²) in [5, 5.41) is 2.81. The Kier molecular flexibility index (Phi) is 5.60. The van der Waals surface area contributed by atoms with E-state index in [0.29, 0.717) is 18.9 Å². The van der Waals surface area contributed by atoms with Crippen molar-refractivity contribution in [3.63, 3.8) is 0 Å². The number of amides is 2. The van der Waals surface area contributed by atoms with Gasteiger partial charge in [-0.2, -0.15) is 0 Å². The van der Waals surface area contributed by atoms with Gasteiger partial charge in [-0.3, -0.25) is 9.59 Å². The fourth-order valence-corrected chi connectivity index (χ4v) is 3.44. The number of nitrogens with zero attached hydrogens (tertiary/aromatic N) is 2. The number of carbonyl (C=O) groups excluding carboxylic acids is 2. The topological polar surface area (TPSA) is 63.6 Å². The molecule has 6 nitrogen and oxygen atoms in total. The number of rotatable bonds is 5. The lowest BCUT2D eigenvalue weighted by molar-refractivity contribution is -0.119. The fraction of sp³-hybridized carbons (Fsp3) is 0.400. The van der Waals surface area contributed by atoms with E-state index in [1.807, 2.05) is 24.5 Å². The summed E-state index contributed by atoms with van der Waals surface area (Å²) in [6.07, 6.45) is 5.68. The summed E-state index contributed by atoms with van der Waals surface area (Å²) in [5.41, 5.74) is -0.000892. The van der Waals surface area contributed by atoms with Crippen LogP contribution in [0.25, 0.3) is 0 Å². The molecule has 0 radical (unpaired) electrons. The number of halogens is 1. The number of benzene rings is 1. The van der Waals surface area contributed by atoms with Crippen LogP contribution in [-0.2, 0) is 15.1 Å². The van der Waals surface area contributed by atoms with Crippen LogP contribution in [-0.4, -0.2) is 48.6 Å². The Balaban J connectivity index is 1.77. The third-order valence-corrected chi connectivity index (χ3v) is 4.95. The molecule has 27 heavy (non-hydrogen) atoms. The van der Waals surface area contributed by atoms with Gasteiger partial charge in [0.2, 0.25) is 5.91 Å². The number of nitrogens with one attached hydrogen (secondary N) is 1. The average molecular weight is 373 g/mol. The van der Waals surface area contributed by atoms with E-state index in [0.717, 1.165) is 12.8 Å². The molecule has 1 aromatic heterocycles. The van der Waals surface area contributed by atoms with Crippen LogP contribution < -0.4 is 5.32 Å². The quantitative estimate of drug-likeness (QED) is 0.877. The van der Waals surface area contributed by atoms with E-state index in [1.54, 1.807) is 14.1 Å². The molecule has 2 aromatic rings. The van der Waals surface area contributed by atoms with E-state index in [4.69, 9.17) is 4.74 Å². The third-order valence-electron chi connectivity index (χ3n) is 4.95. The molecule has 7 heteroatoms. The predicted molar refractivity (Wildman–Crippen MR) is 100 cm³/mol. The maximum absolute atomic E-state index is 14.0. The average Bonchev–Trinajstić information content (AvgIpc) is 3.19. The molecule has 1 N–H and O–H groups in total. The molecule has 1 aliphatic rings. The highest BCUT2D eigenvalue weighted by molar-refractivity contribution is 5.97. The van der Waals surface area contributed by atoms with Gasteiger partial charge in [-0.15, -0.1) is 0 Å². The first kappa shape index (κ1) is 19.1. The van der Waals surface area contributed by atoms with Crippen LogP contribution in [0.15, 0.2) is 42.7 Å². The summed E-state index contributed by atoms with van der Waals surface area (Å²) in [7, 11) is 3.11. The number of aromatic nitrogens is 1. The maximum Gasteiger partial charge on any atom is 0.256 e. The number of ether oxygens (including phenoxy) is 1. The van der Waals surface area contributed by atoms with Gasteiger partial charge >= 0.3 is 0 Å². The smallest absolute Gasteiger partial charge is 0.256 e. The van der Waals surface area contributed by atoms with Crippen molar-refractivity contribution in [2.45, 2.75) is 24.8 Å². The minimum atomic E-state index is -0.611. The second kappa shape index (κ2) is 7.92. The Bertz CT molecular complexity index is 812. The molecule has 0 spiro atoms. The molecule has 1 aromatic carbocycles. The van der Waals surface area contributed by atoms with Gasteiger partial charge in [0.15, 0.2) is 0 Å². The molecule has 0 bridgehead atoms. The van der Waals surface area contributed by atoms with Crippen LogP contribution in [0, 0.1) is 5.82 Å². The molecule has 1 fully saturated rings. The van der Waals surface area contributed by atoms with Gasteiger partial charge in [0, 0.05) is 45.4 Å². The molecule has 0 unspecified atom stereocenters. The Hall–Kier alpha value is -2.67. The zero-order valence-electron chi connectivity index (χ0n) is 15.6. The summed E-state index contributed by atoms with van der Waals surface area (Å²) in [4.78, 5) is 26.1. The van der Waals surface area contributed by atoms with E-state index < -0.39 is 11.7 Å². The number of anilines is 1. The molecular formula is C20H24FN3O3. The molecule has 3 rings (SSSR count). The molecule has 2 amide bonds. The standard InChI is InChI=1S/C20H24FN3O3/c1-23(2)19(26)16-13-15(5-6-17(16)21)22-18(25)14-20(7-11-27-12-8-20)24-9-3-4-10-24/h3-6,9-10,13H,7-8,11-12,14H2,1-2H3,(H,22,25). The first-order chi connectivity index (χ1) is 12.9. The second-order valence-electron chi connectivity index (χ2n) is 7.05. The molecular weight excluding hydrogens is 349 g/mol. The largest absolute Gasteiger partial charge is 0.381 e. The number of hydrogen-bond donors (Lipinski definition) is 1. The van der Waals surface area contributed by atoms with Crippen LogP contribution in [0.5, 0.6) is 0 Å². The maximum atomic E-state index is 14.0. The van der Waals surface area contributed by atoms with Crippen molar-refractivity contribution in [1.29, 1.82) is 0 Å². The summed E-state index contributed by atoms with van der Waals surface area (Å²) in [6.45, 7) is 1.20. The van der Waals surface area contributed by atoms with Gasteiger partial charge in [0.05, 0.1) is 17.5 Å². The summed E-state index contributed by atoms with van der Waals surface area (Å²) < 4.78 is 21.5. The Morgan fingerprint density at radius 3 is 2.52 bits per heavy atom. The summed E-state index contributed by atoms with van der Waals surface area (Å²) in [5.74, 6) is -1.24. The highest BCUT2D eigenvalue weighted by atomic mass is 19.1. The van der Waals surface area contributed by atoms with Gasteiger partial charge in [-0.25, -0.2) is 4.39 Å². The summed E-state index contributed by atoms with van der Waals surface area (Å²) >= 11 is 0. The highest BCUT2D eigenvalue weighted by Gasteiger charge is 2.36. The lowest BCUT2D eigenvalue weighted by atomic mass is 9.86. The highest BCUT2D eigenvalue weighted by Crippen LogP contribution is 2.33. The fourth-order valence-electron chi connectivity index (χ4n) is 3.44. The SMILES string of the molecule is CN(C)C(=O)c1cc(NC(=O)CC2(n3cccc3)CCOCC2)ccc1F. The molecule has 2 heterocycles. The first-order valence-electron chi connectivity index (χ1n) is 8.93. The van der Waals surface area contributed by atoms with E-state index in [-0.39, 0.29) is 23.4 Å². The van der Waals surface area contributed by atoms with E-state index >= 15 is 0 Å². The van der Waals surface area contributed by atoms with Crippen molar-refractivity contribution in [3.8, 4) is 0 Å². The molecule has 144 valence electrons. The van der Waals surface area contributed by atoms with E-state index in [2.05, 4.69) is 9.88 Å². The van der Waals surface area contributed by atoms with Crippen molar-refractivity contribution in [1.82, 2.24) is 9.47 Å². The third kappa shape index (κ3) is 4.19. The van der Waals surface area contributed by atoms with Crippen molar-refractivity contribution in [3.05, 3.63) is 54.1 Å². The minimum Gasteiger partial charge on any atom is -0.381 e. The van der Waals surface area contributed by atoms with Crippen LogP contribution in [0.3, 0.4) is 0 Å². The van der Waals surface area contributed by atoms with Gasteiger partial charge in [0.1, 0.15) is 5.82 Å². The van der Waals surface area contributed by atoms with E-state index in [1.165, 1.54) is 23.1 Å². The molecule has 0 saturated carbocycles. The van der Waals surface area contributed by atoms with Crippen molar-refractivity contribution in [2.24, 2.45) is 0 Å². The van der Waals surface area contributed by atoms with Crippen molar-refractivity contribution < 1.29 is 18.7 Å². The monoisotopic (exact) mass is 373 g/mol. The molecule has 1 aliphatic heterocycles. The first-order valence-corrected chi connectivity index (χ1v) is 8.93. The normalized spacial score (nSPS) is 16.0. The van der Waals surface area contributed by atoms with Gasteiger partial charge < -0.3 is 19.5 Å². The Morgan fingerprint density at radius 1 is 1.22 bits per heavy atom. The molecule has 1 saturated heterocycles.